The van der Waals surface area contributed by atoms with Crippen molar-refractivity contribution in [1.82, 2.24) is 10.2 Å². The van der Waals surface area contributed by atoms with Gasteiger partial charge in [-0.05, 0) is 19.0 Å². The number of piperazine rings is 1. The molecule has 0 bridgehead atoms. The Morgan fingerprint density at radius 1 is 1.23 bits per heavy atom. The lowest BCUT2D eigenvalue weighted by Gasteiger charge is -2.36. The molecule has 2 aliphatic rings. The van der Waals surface area contributed by atoms with Crippen LogP contribution in [-0.2, 0) is 4.79 Å². The van der Waals surface area contributed by atoms with Crippen LogP contribution in [0.25, 0.3) is 0 Å². The van der Waals surface area contributed by atoms with Crippen LogP contribution in [0.2, 0.25) is 0 Å². The minimum Gasteiger partial charge on any atom is -0.362 e. The average Bonchev–Trinajstić information content (AvgIpc) is 3.09. The van der Waals surface area contributed by atoms with Crippen molar-refractivity contribution >= 4 is 17.3 Å². The molecule has 0 saturated carbocycles. The van der Waals surface area contributed by atoms with E-state index in [1.807, 2.05) is 15.9 Å². The second-order valence-electron chi connectivity index (χ2n) is 5.75. The molecular weight excluding hydrogens is 284 g/mol. The number of nitrogens with zero attached hydrogens (tertiary/aromatic N) is 3. The van der Waals surface area contributed by atoms with Crippen molar-refractivity contribution in [3.05, 3.63) is 34.4 Å². The fraction of sp³-hybridized carbons (Fsp3) is 0.533. The number of benzene rings is 1. The summed E-state index contributed by atoms with van der Waals surface area (Å²) in [7, 11) is 0. The number of rotatable bonds is 3. The molecule has 2 fully saturated rings. The molecule has 1 aromatic carbocycles. The van der Waals surface area contributed by atoms with Crippen LogP contribution in [0, 0.1) is 16.0 Å². The zero-order valence-corrected chi connectivity index (χ0v) is 12.4. The van der Waals surface area contributed by atoms with Gasteiger partial charge in [0, 0.05) is 38.8 Å². The summed E-state index contributed by atoms with van der Waals surface area (Å²) < 4.78 is 0. The molecule has 22 heavy (non-hydrogen) atoms. The molecule has 7 heteroatoms. The fourth-order valence-electron chi connectivity index (χ4n) is 3.18. The van der Waals surface area contributed by atoms with E-state index in [-0.39, 0.29) is 22.4 Å². The van der Waals surface area contributed by atoms with Gasteiger partial charge < -0.3 is 15.1 Å². The predicted molar refractivity (Wildman–Crippen MR) is 82.9 cm³/mol. The molecule has 7 nitrogen and oxygen atoms in total. The molecule has 2 heterocycles. The average molecular weight is 304 g/mol. The summed E-state index contributed by atoms with van der Waals surface area (Å²) >= 11 is 0. The highest BCUT2D eigenvalue weighted by molar-refractivity contribution is 5.80. The molecule has 1 aromatic rings. The van der Waals surface area contributed by atoms with E-state index in [1.165, 1.54) is 6.07 Å². The van der Waals surface area contributed by atoms with E-state index in [1.54, 1.807) is 12.1 Å². The summed E-state index contributed by atoms with van der Waals surface area (Å²) in [6.45, 7) is 4.20. The lowest BCUT2D eigenvalue weighted by molar-refractivity contribution is -0.384. The van der Waals surface area contributed by atoms with Gasteiger partial charge in [-0.3, -0.25) is 14.9 Å². The summed E-state index contributed by atoms with van der Waals surface area (Å²) in [5.74, 6) is 0.310. The van der Waals surface area contributed by atoms with Crippen LogP contribution < -0.4 is 10.2 Å². The number of hydrogen-bond acceptors (Lipinski definition) is 5. The van der Waals surface area contributed by atoms with Gasteiger partial charge in [0.15, 0.2) is 0 Å². The zero-order chi connectivity index (χ0) is 15.5. The maximum atomic E-state index is 12.4. The molecule has 0 radical (unpaired) electrons. The SMILES string of the molecule is O=C(C1CCNC1)N1CCN(c2ccccc2[N+](=O)[O-])CC1. The molecule has 1 unspecified atom stereocenters. The fourth-order valence-corrected chi connectivity index (χ4v) is 3.18. The number of nitro groups is 1. The molecule has 0 aliphatic carbocycles. The quantitative estimate of drug-likeness (QED) is 0.661. The molecular formula is C15H20N4O3. The van der Waals surface area contributed by atoms with Crippen molar-refractivity contribution in [3.63, 3.8) is 0 Å². The summed E-state index contributed by atoms with van der Waals surface area (Å²) in [5.41, 5.74) is 0.768. The first-order chi connectivity index (χ1) is 10.7. The van der Waals surface area contributed by atoms with Crippen LogP contribution in [0.3, 0.4) is 0 Å². The minimum atomic E-state index is -0.350. The molecule has 0 spiro atoms. The number of carbonyl (C=O) groups is 1. The Balaban J connectivity index is 1.64. The first kappa shape index (κ1) is 14.8. The lowest BCUT2D eigenvalue weighted by atomic mass is 10.1. The summed E-state index contributed by atoms with van der Waals surface area (Å²) in [6, 6.07) is 6.78. The molecule has 1 N–H and O–H groups in total. The normalized spacial score (nSPS) is 21.9. The van der Waals surface area contributed by atoms with Crippen molar-refractivity contribution < 1.29 is 9.72 Å². The summed E-state index contributed by atoms with van der Waals surface area (Å²) in [4.78, 5) is 27.0. The van der Waals surface area contributed by atoms with Crippen molar-refractivity contribution in [1.29, 1.82) is 0 Å². The number of amides is 1. The van der Waals surface area contributed by atoms with Gasteiger partial charge >= 0.3 is 0 Å². The van der Waals surface area contributed by atoms with Gasteiger partial charge in [0.1, 0.15) is 5.69 Å². The number of nitrogens with one attached hydrogen (secondary N) is 1. The van der Waals surface area contributed by atoms with Gasteiger partial charge in [-0.1, -0.05) is 12.1 Å². The van der Waals surface area contributed by atoms with E-state index in [0.29, 0.717) is 31.9 Å². The van der Waals surface area contributed by atoms with Gasteiger partial charge in [-0.25, -0.2) is 0 Å². The number of carbonyl (C=O) groups excluding carboxylic acids is 1. The van der Waals surface area contributed by atoms with Crippen LogP contribution in [0.5, 0.6) is 0 Å². The van der Waals surface area contributed by atoms with Gasteiger partial charge in [0.25, 0.3) is 5.69 Å². The Bertz CT molecular complexity index is 564. The highest BCUT2D eigenvalue weighted by Gasteiger charge is 2.30. The summed E-state index contributed by atoms with van der Waals surface area (Å²) in [5, 5.41) is 14.3. The van der Waals surface area contributed by atoms with E-state index < -0.39 is 0 Å². The summed E-state index contributed by atoms with van der Waals surface area (Å²) in [6.07, 6.45) is 0.906. The third-order valence-corrected chi connectivity index (χ3v) is 4.42. The monoisotopic (exact) mass is 304 g/mol. The Morgan fingerprint density at radius 2 is 1.95 bits per heavy atom. The maximum Gasteiger partial charge on any atom is 0.292 e. The van der Waals surface area contributed by atoms with Crippen LogP contribution in [0.15, 0.2) is 24.3 Å². The molecule has 2 saturated heterocycles. The van der Waals surface area contributed by atoms with E-state index >= 15 is 0 Å². The molecule has 3 rings (SSSR count). The van der Waals surface area contributed by atoms with Gasteiger partial charge in [0.2, 0.25) is 5.91 Å². The standard InChI is InChI=1S/C15H20N4O3/c20-15(12-5-6-16-11-12)18-9-7-17(8-10-18)13-3-1-2-4-14(13)19(21)22/h1-4,12,16H,5-11H2. The first-order valence-electron chi connectivity index (χ1n) is 7.64. The van der Waals surface area contributed by atoms with E-state index in [4.69, 9.17) is 0 Å². The highest BCUT2D eigenvalue weighted by Crippen LogP contribution is 2.28. The molecule has 1 atom stereocenters. The van der Waals surface area contributed by atoms with Crippen LogP contribution in [0.1, 0.15) is 6.42 Å². The Hall–Kier alpha value is -2.15. The Kier molecular flexibility index (Phi) is 4.24. The van der Waals surface area contributed by atoms with Gasteiger partial charge in [0.05, 0.1) is 10.8 Å². The lowest BCUT2D eigenvalue weighted by Crippen LogP contribution is -2.50. The number of nitro benzene ring substituents is 1. The second kappa shape index (κ2) is 6.31. The minimum absolute atomic E-state index is 0.0950. The third-order valence-electron chi connectivity index (χ3n) is 4.42. The zero-order valence-electron chi connectivity index (χ0n) is 12.4. The highest BCUT2D eigenvalue weighted by atomic mass is 16.6. The molecule has 0 aromatic heterocycles. The number of hydrogen-bond donors (Lipinski definition) is 1. The molecule has 2 aliphatic heterocycles. The predicted octanol–water partition coefficient (Wildman–Crippen LogP) is 0.853. The molecule has 118 valence electrons. The molecule has 1 amide bonds. The van der Waals surface area contributed by atoms with Crippen molar-refractivity contribution in [2.24, 2.45) is 5.92 Å². The van der Waals surface area contributed by atoms with Crippen molar-refractivity contribution in [2.45, 2.75) is 6.42 Å². The number of anilines is 1. The Morgan fingerprint density at radius 3 is 2.59 bits per heavy atom. The van der Waals surface area contributed by atoms with Crippen LogP contribution in [-0.4, -0.2) is 55.0 Å². The third kappa shape index (κ3) is 2.89. The van der Waals surface area contributed by atoms with Crippen LogP contribution >= 0.6 is 0 Å². The Labute approximate surface area is 129 Å². The largest absolute Gasteiger partial charge is 0.362 e. The van der Waals surface area contributed by atoms with Crippen molar-refractivity contribution in [3.8, 4) is 0 Å². The van der Waals surface area contributed by atoms with E-state index in [2.05, 4.69) is 5.32 Å². The second-order valence-corrected chi connectivity index (χ2v) is 5.75. The number of para-hydroxylation sites is 2. The smallest absolute Gasteiger partial charge is 0.292 e. The maximum absolute atomic E-state index is 12.4. The van der Waals surface area contributed by atoms with Crippen LogP contribution in [0.4, 0.5) is 11.4 Å². The van der Waals surface area contributed by atoms with Gasteiger partial charge in [-0.2, -0.15) is 0 Å². The van der Waals surface area contributed by atoms with Gasteiger partial charge in [-0.15, -0.1) is 0 Å². The van der Waals surface area contributed by atoms with E-state index in [0.717, 1.165) is 19.5 Å². The van der Waals surface area contributed by atoms with E-state index in [9.17, 15) is 14.9 Å². The van der Waals surface area contributed by atoms with Crippen molar-refractivity contribution in [2.75, 3.05) is 44.2 Å². The first-order valence-corrected chi connectivity index (χ1v) is 7.64. The topological polar surface area (TPSA) is 78.7 Å².